The third-order valence-electron chi connectivity index (χ3n) is 3.64. The molecule has 134 valence electrons. The van der Waals surface area contributed by atoms with Crippen LogP contribution in [0.25, 0.3) is 11.0 Å². The first-order valence-corrected chi connectivity index (χ1v) is 8.40. The fourth-order valence-corrected chi connectivity index (χ4v) is 3.33. The highest BCUT2D eigenvalue weighted by Gasteiger charge is 2.44. The Labute approximate surface area is 157 Å². The molecule has 0 saturated carbocycles. The van der Waals surface area contributed by atoms with Crippen molar-refractivity contribution in [3.05, 3.63) is 27.5 Å². The van der Waals surface area contributed by atoms with Crippen LogP contribution in [0.5, 0.6) is 0 Å². The van der Waals surface area contributed by atoms with E-state index in [1.807, 2.05) is 0 Å². The molecule has 1 aliphatic heterocycles. The van der Waals surface area contributed by atoms with Crippen LogP contribution in [0, 0.1) is 0 Å². The van der Waals surface area contributed by atoms with E-state index in [2.05, 4.69) is 4.98 Å². The molecule has 1 aliphatic rings. The summed E-state index contributed by atoms with van der Waals surface area (Å²) in [5, 5.41) is 0.738. The lowest BCUT2D eigenvalue weighted by molar-refractivity contribution is -0.164. The maximum absolute atomic E-state index is 11.5. The molecule has 0 aliphatic carbocycles. The number of carbonyl (C=O) groups is 2. The molecule has 0 unspecified atom stereocenters. The van der Waals surface area contributed by atoms with Crippen molar-refractivity contribution in [3.63, 3.8) is 0 Å². The average molecular weight is 408 g/mol. The van der Waals surface area contributed by atoms with Gasteiger partial charge in [0.05, 0.1) is 27.7 Å². The first kappa shape index (κ1) is 18.3. The number of hydrogen-bond donors (Lipinski definition) is 0. The van der Waals surface area contributed by atoms with Crippen molar-refractivity contribution in [1.29, 1.82) is 0 Å². The Morgan fingerprint density at radius 3 is 2.44 bits per heavy atom. The first-order valence-electron chi connectivity index (χ1n) is 7.26. The summed E-state index contributed by atoms with van der Waals surface area (Å²) in [6, 6.07) is 3.16. The molecule has 10 heteroatoms. The van der Waals surface area contributed by atoms with Gasteiger partial charge in [0.25, 0.3) is 0 Å². The van der Waals surface area contributed by atoms with Gasteiger partial charge in [0, 0.05) is 13.8 Å². The third-order valence-corrected chi connectivity index (χ3v) is 4.63. The minimum Gasteiger partial charge on any atom is -0.456 e. The Kier molecular flexibility index (Phi) is 5.11. The molecule has 25 heavy (non-hydrogen) atoms. The van der Waals surface area contributed by atoms with Crippen molar-refractivity contribution in [2.75, 3.05) is 6.61 Å². The molecule has 2 heterocycles. The molecule has 3 rings (SSSR count). The van der Waals surface area contributed by atoms with Gasteiger partial charge in [0.1, 0.15) is 0 Å². The van der Waals surface area contributed by atoms with E-state index in [0.29, 0.717) is 21.1 Å². The maximum atomic E-state index is 11.5. The van der Waals surface area contributed by atoms with Gasteiger partial charge in [-0.1, -0.05) is 23.2 Å². The van der Waals surface area contributed by atoms with E-state index in [4.69, 9.17) is 49.0 Å². The van der Waals surface area contributed by atoms with Gasteiger partial charge in [0.2, 0.25) is 5.28 Å². The second-order valence-electron chi connectivity index (χ2n) is 5.45. The van der Waals surface area contributed by atoms with Crippen molar-refractivity contribution < 1.29 is 23.8 Å². The van der Waals surface area contributed by atoms with Crippen molar-refractivity contribution in [2.45, 2.75) is 32.3 Å². The van der Waals surface area contributed by atoms with E-state index in [-0.39, 0.29) is 11.9 Å². The molecule has 1 aromatic carbocycles. The van der Waals surface area contributed by atoms with Gasteiger partial charge >= 0.3 is 11.9 Å². The second kappa shape index (κ2) is 6.99. The van der Waals surface area contributed by atoms with E-state index in [1.54, 1.807) is 12.1 Å². The van der Waals surface area contributed by atoms with Crippen LogP contribution in [0.15, 0.2) is 12.1 Å². The SMILES string of the molecule is CC(=O)O[C@H]1[C@H](n2c(Cl)nc3cc(Cl)c(Cl)cc32)OC[C@H]1OC(C)=O. The molecule has 0 spiro atoms. The Morgan fingerprint density at radius 1 is 1.16 bits per heavy atom. The highest BCUT2D eigenvalue weighted by molar-refractivity contribution is 6.42. The summed E-state index contributed by atoms with van der Waals surface area (Å²) in [5.74, 6) is -1.05. The number of hydrogen-bond acceptors (Lipinski definition) is 6. The number of benzene rings is 1. The highest BCUT2D eigenvalue weighted by Crippen LogP contribution is 2.37. The van der Waals surface area contributed by atoms with E-state index in [9.17, 15) is 9.59 Å². The van der Waals surface area contributed by atoms with Gasteiger partial charge in [-0.15, -0.1) is 0 Å². The van der Waals surface area contributed by atoms with Gasteiger partial charge in [-0.2, -0.15) is 0 Å². The lowest BCUT2D eigenvalue weighted by Gasteiger charge is -2.23. The highest BCUT2D eigenvalue weighted by atomic mass is 35.5. The molecule has 2 aromatic rings. The predicted molar refractivity (Wildman–Crippen MR) is 90.9 cm³/mol. The fourth-order valence-electron chi connectivity index (χ4n) is 2.73. The number of fused-ring (bicyclic) bond motifs is 1. The average Bonchev–Trinajstić information content (AvgIpc) is 3.00. The molecule has 0 radical (unpaired) electrons. The molecule has 0 amide bonds. The van der Waals surface area contributed by atoms with Crippen LogP contribution >= 0.6 is 34.8 Å². The van der Waals surface area contributed by atoms with Crippen LogP contribution in [0.3, 0.4) is 0 Å². The van der Waals surface area contributed by atoms with Crippen molar-refractivity contribution in [3.8, 4) is 0 Å². The molecular formula is C15H13Cl3N2O5. The zero-order chi connectivity index (χ0) is 18.3. The normalized spacial score (nSPS) is 23.0. The van der Waals surface area contributed by atoms with Gasteiger partial charge in [-0.25, -0.2) is 4.98 Å². The number of halogens is 3. The van der Waals surface area contributed by atoms with Crippen LogP contribution in [-0.4, -0.2) is 40.3 Å². The number of esters is 2. The zero-order valence-electron chi connectivity index (χ0n) is 13.2. The van der Waals surface area contributed by atoms with Crippen LogP contribution in [-0.2, 0) is 23.8 Å². The Morgan fingerprint density at radius 2 is 1.80 bits per heavy atom. The summed E-state index contributed by atoms with van der Waals surface area (Å²) in [4.78, 5) is 27.0. The molecule has 1 aromatic heterocycles. The lowest BCUT2D eigenvalue weighted by Crippen LogP contribution is -2.36. The molecule has 7 nitrogen and oxygen atoms in total. The molecular weight excluding hydrogens is 395 g/mol. The number of imidazole rings is 1. The van der Waals surface area contributed by atoms with Crippen molar-refractivity contribution >= 4 is 57.8 Å². The number of rotatable bonds is 3. The van der Waals surface area contributed by atoms with Crippen LogP contribution < -0.4 is 0 Å². The van der Waals surface area contributed by atoms with Crippen molar-refractivity contribution in [2.24, 2.45) is 0 Å². The topological polar surface area (TPSA) is 79.7 Å². The Bertz CT molecular complexity index is 853. The van der Waals surface area contributed by atoms with Crippen molar-refractivity contribution in [1.82, 2.24) is 9.55 Å². The van der Waals surface area contributed by atoms with Crippen LogP contribution in [0.4, 0.5) is 0 Å². The second-order valence-corrected chi connectivity index (χ2v) is 6.60. The Balaban J connectivity index is 2.06. The van der Waals surface area contributed by atoms with E-state index < -0.39 is 30.4 Å². The zero-order valence-corrected chi connectivity index (χ0v) is 15.4. The van der Waals surface area contributed by atoms with E-state index >= 15 is 0 Å². The predicted octanol–water partition coefficient (Wildman–Crippen LogP) is 3.39. The summed E-state index contributed by atoms with van der Waals surface area (Å²) >= 11 is 18.3. The van der Waals surface area contributed by atoms with Gasteiger partial charge < -0.3 is 14.2 Å². The minimum absolute atomic E-state index is 0.0412. The van der Waals surface area contributed by atoms with Gasteiger partial charge in [0.15, 0.2) is 18.4 Å². The quantitative estimate of drug-likeness (QED) is 0.726. The van der Waals surface area contributed by atoms with Gasteiger partial charge in [-0.05, 0) is 23.7 Å². The summed E-state index contributed by atoms with van der Waals surface area (Å²) in [5.41, 5.74) is 1.05. The van der Waals surface area contributed by atoms with E-state index in [1.165, 1.54) is 18.4 Å². The minimum atomic E-state index is -0.884. The van der Waals surface area contributed by atoms with Crippen LogP contribution in [0.2, 0.25) is 15.3 Å². The summed E-state index contributed by atoms with van der Waals surface area (Å²) in [6.07, 6.45) is -2.48. The number of aromatic nitrogens is 2. The monoisotopic (exact) mass is 406 g/mol. The van der Waals surface area contributed by atoms with Gasteiger partial charge in [-0.3, -0.25) is 14.2 Å². The first-order chi connectivity index (χ1) is 11.8. The van der Waals surface area contributed by atoms with Crippen LogP contribution in [0.1, 0.15) is 20.1 Å². The number of nitrogens with zero attached hydrogens (tertiary/aromatic N) is 2. The number of ether oxygens (including phenoxy) is 3. The largest absolute Gasteiger partial charge is 0.456 e. The fraction of sp³-hybridized carbons (Fsp3) is 0.400. The van der Waals surface area contributed by atoms with E-state index in [0.717, 1.165) is 0 Å². The molecule has 1 saturated heterocycles. The summed E-state index contributed by atoms with van der Waals surface area (Å²) < 4.78 is 17.7. The summed E-state index contributed by atoms with van der Waals surface area (Å²) in [6.45, 7) is 2.56. The lowest BCUT2D eigenvalue weighted by atomic mass is 10.2. The third kappa shape index (κ3) is 3.55. The molecule has 1 fully saturated rings. The molecule has 0 N–H and O–H groups in total. The summed E-state index contributed by atoms with van der Waals surface area (Å²) in [7, 11) is 0. The Hall–Kier alpha value is -1.54. The number of carbonyl (C=O) groups excluding carboxylic acids is 2. The maximum Gasteiger partial charge on any atom is 0.303 e. The molecule has 0 bridgehead atoms. The standard InChI is InChI=1S/C15H13Cl3N2O5/c1-6(21)24-12-5-23-14(13(12)25-7(2)22)20-11-4-9(17)8(16)3-10(11)19-15(20)18/h3-4,12-14H,5H2,1-2H3/t12-,13-,14-/m1/s1. The molecule has 3 atom stereocenters. The smallest absolute Gasteiger partial charge is 0.303 e.